The van der Waals surface area contributed by atoms with Crippen LogP contribution in [0.5, 0.6) is 0 Å². The zero-order chi connectivity index (χ0) is 24.6. The molecule has 9 atom stereocenters. The van der Waals surface area contributed by atoms with Crippen LogP contribution in [0.25, 0.3) is 0 Å². The van der Waals surface area contributed by atoms with Gasteiger partial charge in [0.1, 0.15) is 18.3 Å². The van der Waals surface area contributed by atoms with Crippen molar-refractivity contribution in [3.63, 3.8) is 0 Å². The molecule has 1 N–H and O–H groups in total. The minimum Gasteiger partial charge on any atom is -0.472 e. The van der Waals surface area contributed by atoms with Crippen LogP contribution in [0.15, 0.2) is 28.2 Å². The van der Waals surface area contributed by atoms with E-state index in [0.717, 1.165) is 18.4 Å². The highest BCUT2D eigenvalue weighted by molar-refractivity contribution is 5.96. The average molecular weight is 486 g/mol. The summed E-state index contributed by atoms with van der Waals surface area (Å²) in [6.45, 7) is 8.56. The molecule has 0 bridgehead atoms. The quantitative estimate of drug-likeness (QED) is 0.278. The predicted molar refractivity (Wildman–Crippen MR) is 118 cm³/mol. The van der Waals surface area contributed by atoms with Crippen molar-refractivity contribution in [2.45, 2.75) is 82.9 Å². The summed E-state index contributed by atoms with van der Waals surface area (Å²) in [5, 5.41) is 14.3. The van der Waals surface area contributed by atoms with Crippen LogP contribution in [0.4, 0.5) is 0 Å². The van der Waals surface area contributed by atoms with E-state index in [4.69, 9.17) is 23.4 Å². The second-order valence-electron chi connectivity index (χ2n) is 12.3. The largest absolute Gasteiger partial charge is 0.472 e. The third-order valence-electron chi connectivity index (χ3n) is 10.9. The lowest BCUT2D eigenvalue weighted by Crippen LogP contribution is -2.72. The number of rotatable bonds is 1. The number of hydrogen-bond donors (Lipinski definition) is 1. The Morgan fingerprint density at radius 3 is 2.57 bits per heavy atom. The number of furan rings is 1. The van der Waals surface area contributed by atoms with E-state index in [1.54, 1.807) is 12.5 Å². The van der Waals surface area contributed by atoms with Crippen LogP contribution in [0, 0.1) is 28.1 Å². The SMILES string of the molecule is CC1(C)OC2CC(=O)OCC23C1C/C(=N/O)C1(C)C3CC[C@@]2(C)C(c3ccoc3)OC(=O)C3OC312. The van der Waals surface area contributed by atoms with Crippen molar-refractivity contribution in [2.24, 2.45) is 33.2 Å². The van der Waals surface area contributed by atoms with Gasteiger partial charge in [0.2, 0.25) is 0 Å². The smallest absolute Gasteiger partial charge is 0.339 e. The van der Waals surface area contributed by atoms with Gasteiger partial charge in [-0.05, 0) is 45.1 Å². The van der Waals surface area contributed by atoms with Gasteiger partial charge in [0.05, 0.1) is 36.4 Å². The topological polar surface area (TPSA) is 120 Å². The number of ether oxygens (including phenoxy) is 4. The molecule has 5 heterocycles. The number of oxime groups is 1. The Labute approximate surface area is 203 Å². The van der Waals surface area contributed by atoms with Gasteiger partial charge in [0.15, 0.2) is 6.10 Å². The molecule has 6 fully saturated rings. The lowest BCUT2D eigenvalue weighted by Gasteiger charge is -2.65. The standard InChI is InChI=1S/C26H31NO8/c1-22(2)15-9-16(27-30)24(4)14(25(15)12-32-18(28)10-17(25)34-22)5-7-23(3)19(13-6-8-31-11-13)33-21(29)20-26(23,24)35-20/h6,8,11,14-15,17,19-20,30H,5,7,9-10,12H2,1-4H3/b27-16-/t14?,15?,17?,19?,20?,23-,24?,25?,26?/m0/s1. The molecule has 35 heavy (non-hydrogen) atoms. The highest BCUT2D eigenvalue weighted by Gasteiger charge is 2.89. The summed E-state index contributed by atoms with van der Waals surface area (Å²) < 4.78 is 30.1. The lowest BCUT2D eigenvalue weighted by molar-refractivity contribution is -0.209. The number of nitrogens with zero attached hydrogens (tertiary/aromatic N) is 1. The highest BCUT2D eigenvalue weighted by atomic mass is 16.7. The summed E-state index contributed by atoms with van der Waals surface area (Å²) in [5.41, 5.74) is -1.84. The van der Waals surface area contributed by atoms with E-state index >= 15 is 0 Å². The van der Waals surface area contributed by atoms with Gasteiger partial charge >= 0.3 is 11.9 Å². The summed E-state index contributed by atoms with van der Waals surface area (Å²) in [4.78, 5) is 25.6. The maximum atomic E-state index is 13.2. The van der Waals surface area contributed by atoms with Crippen molar-refractivity contribution in [1.82, 2.24) is 0 Å². The summed E-state index contributed by atoms with van der Waals surface area (Å²) in [7, 11) is 0. The monoisotopic (exact) mass is 485 g/mol. The van der Waals surface area contributed by atoms with Crippen LogP contribution in [0.3, 0.4) is 0 Å². The lowest BCUT2D eigenvalue weighted by atomic mass is 9.37. The van der Waals surface area contributed by atoms with Gasteiger partial charge in [-0.2, -0.15) is 0 Å². The maximum absolute atomic E-state index is 13.2. The number of esters is 2. The number of hydrogen-bond acceptors (Lipinski definition) is 9. The van der Waals surface area contributed by atoms with E-state index in [9.17, 15) is 14.8 Å². The Balaban J connectivity index is 1.43. The third-order valence-corrected chi connectivity index (χ3v) is 10.9. The first-order valence-corrected chi connectivity index (χ1v) is 12.5. The number of cyclic esters (lactones) is 2. The number of fused-ring (bicyclic) bond motifs is 1. The number of epoxide rings is 1. The molecule has 8 unspecified atom stereocenters. The van der Waals surface area contributed by atoms with Crippen LogP contribution in [-0.4, -0.2) is 52.9 Å². The van der Waals surface area contributed by atoms with Crippen molar-refractivity contribution in [2.75, 3.05) is 6.61 Å². The van der Waals surface area contributed by atoms with Gasteiger partial charge in [-0.1, -0.05) is 19.0 Å². The first-order valence-electron chi connectivity index (χ1n) is 12.5. The minimum atomic E-state index is -0.916. The molecule has 4 saturated heterocycles. The fraction of sp³-hybridized carbons (Fsp3) is 0.731. The van der Waals surface area contributed by atoms with E-state index in [2.05, 4.69) is 32.9 Å². The Morgan fingerprint density at radius 1 is 1.06 bits per heavy atom. The molecular weight excluding hydrogens is 454 g/mol. The number of carbonyl (C=O) groups excluding carboxylic acids is 2. The van der Waals surface area contributed by atoms with Gasteiger partial charge < -0.3 is 28.6 Å². The van der Waals surface area contributed by atoms with Crippen molar-refractivity contribution in [3.8, 4) is 0 Å². The van der Waals surface area contributed by atoms with Crippen LogP contribution >= 0.6 is 0 Å². The summed E-state index contributed by atoms with van der Waals surface area (Å²) in [6, 6.07) is 1.83. The molecule has 9 nitrogen and oxygen atoms in total. The van der Waals surface area contributed by atoms with Crippen molar-refractivity contribution in [3.05, 3.63) is 24.2 Å². The summed E-state index contributed by atoms with van der Waals surface area (Å²) in [5.74, 6) is -0.730. The zero-order valence-electron chi connectivity index (χ0n) is 20.4. The number of carbonyl (C=O) groups is 2. The van der Waals surface area contributed by atoms with Gasteiger partial charge in [-0.3, -0.25) is 4.79 Å². The first-order chi connectivity index (χ1) is 16.6. The summed E-state index contributed by atoms with van der Waals surface area (Å²) in [6.07, 6.45) is 3.78. The Hall–Kier alpha value is -2.39. The van der Waals surface area contributed by atoms with E-state index in [1.165, 1.54) is 0 Å². The van der Waals surface area contributed by atoms with Gasteiger partial charge in [0.25, 0.3) is 0 Å². The molecule has 0 radical (unpaired) electrons. The van der Waals surface area contributed by atoms with Crippen molar-refractivity contribution >= 4 is 17.7 Å². The molecule has 6 aliphatic rings. The fourth-order valence-electron chi connectivity index (χ4n) is 9.51. The summed E-state index contributed by atoms with van der Waals surface area (Å²) >= 11 is 0. The van der Waals surface area contributed by atoms with Crippen LogP contribution in [0.2, 0.25) is 0 Å². The molecule has 7 rings (SSSR count). The molecule has 9 heteroatoms. The molecule has 4 aliphatic heterocycles. The molecule has 1 aromatic heterocycles. The van der Waals surface area contributed by atoms with Crippen molar-refractivity contribution < 1.29 is 38.2 Å². The molecule has 188 valence electrons. The molecule has 2 aliphatic carbocycles. The fourth-order valence-corrected chi connectivity index (χ4v) is 9.51. The molecule has 1 aromatic rings. The van der Waals surface area contributed by atoms with Crippen LogP contribution in [-0.2, 0) is 28.5 Å². The highest BCUT2D eigenvalue weighted by Crippen LogP contribution is 2.79. The molecule has 0 aromatic carbocycles. The van der Waals surface area contributed by atoms with E-state index < -0.39 is 45.6 Å². The Morgan fingerprint density at radius 2 is 1.86 bits per heavy atom. The maximum Gasteiger partial charge on any atom is 0.339 e. The van der Waals surface area contributed by atoms with Gasteiger partial charge in [-0.25, -0.2) is 4.79 Å². The van der Waals surface area contributed by atoms with Crippen LogP contribution in [0.1, 0.15) is 65.0 Å². The second kappa shape index (κ2) is 6.29. The Bertz CT molecular complexity index is 1160. The predicted octanol–water partition coefficient (Wildman–Crippen LogP) is 3.40. The van der Waals surface area contributed by atoms with Gasteiger partial charge in [0, 0.05) is 27.7 Å². The zero-order valence-corrected chi connectivity index (χ0v) is 20.4. The third kappa shape index (κ3) is 2.19. The Kier molecular flexibility index (Phi) is 3.93. The van der Waals surface area contributed by atoms with Crippen LogP contribution < -0.4 is 0 Å². The minimum absolute atomic E-state index is 0.00440. The average Bonchev–Trinajstić information content (AvgIpc) is 3.29. The molecule has 0 amide bonds. The molecule has 2 saturated carbocycles. The molecular formula is C26H31NO8. The van der Waals surface area contributed by atoms with E-state index in [-0.39, 0.29) is 36.9 Å². The van der Waals surface area contributed by atoms with Crippen molar-refractivity contribution in [1.29, 1.82) is 0 Å². The van der Waals surface area contributed by atoms with E-state index in [0.29, 0.717) is 12.1 Å². The molecule has 2 spiro atoms. The van der Waals surface area contributed by atoms with E-state index in [1.807, 2.05) is 6.07 Å². The first kappa shape index (κ1) is 21.9. The second-order valence-corrected chi connectivity index (χ2v) is 12.3. The van der Waals surface area contributed by atoms with Gasteiger partial charge in [-0.15, -0.1) is 0 Å². The normalized spacial score (nSPS) is 52.3.